The van der Waals surface area contributed by atoms with Crippen molar-refractivity contribution in [1.29, 1.82) is 0 Å². The fourth-order valence-corrected chi connectivity index (χ4v) is 1.44. The van der Waals surface area contributed by atoms with E-state index in [1.807, 2.05) is 13.8 Å². The molecule has 1 aromatic carbocycles. The molecule has 0 unspecified atom stereocenters. The number of hydrogen-bond acceptors (Lipinski definition) is 5. The van der Waals surface area contributed by atoms with Gasteiger partial charge in [0.15, 0.2) is 5.75 Å². The van der Waals surface area contributed by atoms with E-state index >= 15 is 0 Å². The van der Waals surface area contributed by atoms with Gasteiger partial charge in [-0.05, 0) is 27.7 Å². The van der Waals surface area contributed by atoms with E-state index < -0.39 is 4.92 Å². The number of nitrogen functional groups attached to an aromatic ring is 1. The Morgan fingerprint density at radius 2 is 1.72 bits per heavy atom. The van der Waals surface area contributed by atoms with Crippen molar-refractivity contribution in [3.05, 3.63) is 22.2 Å². The van der Waals surface area contributed by atoms with E-state index in [2.05, 4.69) is 0 Å². The molecule has 2 N–H and O–H groups in total. The number of anilines is 1. The summed E-state index contributed by atoms with van der Waals surface area (Å²) in [6.45, 7) is 7.24. The quantitative estimate of drug-likeness (QED) is 0.496. The second-order valence-electron chi connectivity index (χ2n) is 4.46. The lowest BCUT2D eigenvalue weighted by atomic mass is 10.2. The van der Waals surface area contributed by atoms with Gasteiger partial charge in [-0.2, -0.15) is 0 Å². The number of nitrogens with zero attached hydrogens (tertiary/aromatic N) is 1. The van der Waals surface area contributed by atoms with Crippen LogP contribution in [0.1, 0.15) is 27.7 Å². The molecule has 0 saturated carbocycles. The summed E-state index contributed by atoms with van der Waals surface area (Å²) < 4.78 is 11.0. The molecule has 0 heterocycles. The van der Waals surface area contributed by atoms with Gasteiger partial charge in [-0.1, -0.05) is 0 Å². The van der Waals surface area contributed by atoms with Gasteiger partial charge in [0.25, 0.3) is 0 Å². The van der Waals surface area contributed by atoms with E-state index in [1.54, 1.807) is 13.8 Å². The summed E-state index contributed by atoms with van der Waals surface area (Å²) in [5.41, 5.74) is 5.72. The number of benzene rings is 1. The van der Waals surface area contributed by atoms with Crippen LogP contribution in [0.4, 0.5) is 11.4 Å². The first kappa shape index (κ1) is 14.1. The molecule has 0 fully saturated rings. The topological polar surface area (TPSA) is 87.6 Å². The SMILES string of the molecule is CC(C)Oc1cc(N)cc([N+](=O)[O-])c1OC(C)C. The molecule has 0 saturated heterocycles. The van der Waals surface area contributed by atoms with Crippen molar-refractivity contribution in [2.24, 2.45) is 0 Å². The highest BCUT2D eigenvalue weighted by molar-refractivity contribution is 5.64. The van der Waals surface area contributed by atoms with Crippen LogP contribution < -0.4 is 15.2 Å². The molecule has 6 nitrogen and oxygen atoms in total. The maximum Gasteiger partial charge on any atom is 0.316 e. The van der Waals surface area contributed by atoms with Crippen LogP contribution >= 0.6 is 0 Å². The van der Waals surface area contributed by atoms with Crippen molar-refractivity contribution < 1.29 is 14.4 Å². The van der Waals surface area contributed by atoms with Crippen molar-refractivity contribution in [2.75, 3.05) is 5.73 Å². The van der Waals surface area contributed by atoms with Crippen LogP contribution in [0.25, 0.3) is 0 Å². The van der Waals surface area contributed by atoms with Crippen LogP contribution in [0, 0.1) is 10.1 Å². The second kappa shape index (κ2) is 5.57. The average Bonchev–Trinajstić information content (AvgIpc) is 2.19. The minimum Gasteiger partial charge on any atom is -0.487 e. The van der Waals surface area contributed by atoms with Gasteiger partial charge >= 0.3 is 5.69 Å². The first-order valence-corrected chi connectivity index (χ1v) is 5.72. The minimum atomic E-state index is -0.527. The number of hydrogen-bond donors (Lipinski definition) is 1. The highest BCUT2D eigenvalue weighted by Gasteiger charge is 2.23. The normalized spacial score (nSPS) is 10.8. The van der Waals surface area contributed by atoms with Crippen LogP contribution in [0.15, 0.2) is 12.1 Å². The lowest BCUT2D eigenvalue weighted by Crippen LogP contribution is -2.12. The summed E-state index contributed by atoms with van der Waals surface area (Å²) in [5.74, 6) is 0.420. The smallest absolute Gasteiger partial charge is 0.316 e. The molecule has 18 heavy (non-hydrogen) atoms. The Morgan fingerprint density at radius 3 is 2.17 bits per heavy atom. The summed E-state index contributed by atoms with van der Waals surface area (Å²) in [5, 5.41) is 11.0. The summed E-state index contributed by atoms with van der Waals surface area (Å²) in [6, 6.07) is 2.80. The number of nitrogens with two attached hydrogens (primary N) is 1. The molecule has 0 aromatic heterocycles. The molecule has 0 atom stereocenters. The summed E-state index contributed by atoms with van der Waals surface area (Å²) in [7, 11) is 0. The average molecular weight is 254 g/mol. The van der Waals surface area contributed by atoms with Crippen molar-refractivity contribution in [3.8, 4) is 11.5 Å². The zero-order valence-electron chi connectivity index (χ0n) is 11.0. The van der Waals surface area contributed by atoms with Gasteiger partial charge in [-0.15, -0.1) is 0 Å². The van der Waals surface area contributed by atoms with E-state index in [9.17, 15) is 10.1 Å². The molecule has 1 aromatic rings. The zero-order chi connectivity index (χ0) is 13.9. The highest BCUT2D eigenvalue weighted by Crippen LogP contribution is 2.40. The van der Waals surface area contributed by atoms with Crippen molar-refractivity contribution >= 4 is 11.4 Å². The van der Waals surface area contributed by atoms with Crippen LogP contribution in [0.5, 0.6) is 11.5 Å². The third kappa shape index (κ3) is 3.51. The zero-order valence-corrected chi connectivity index (χ0v) is 11.0. The van der Waals surface area contributed by atoms with Crippen molar-refractivity contribution in [2.45, 2.75) is 39.9 Å². The van der Waals surface area contributed by atoms with Gasteiger partial charge < -0.3 is 15.2 Å². The lowest BCUT2D eigenvalue weighted by molar-refractivity contribution is -0.386. The molecule has 0 aliphatic rings. The van der Waals surface area contributed by atoms with Crippen LogP contribution in [-0.4, -0.2) is 17.1 Å². The summed E-state index contributed by atoms with van der Waals surface area (Å²) in [4.78, 5) is 10.5. The number of nitro groups is 1. The molecule has 6 heteroatoms. The van der Waals surface area contributed by atoms with Crippen molar-refractivity contribution in [1.82, 2.24) is 0 Å². The maximum atomic E-state index is 11.0. The number of rotatable bonds is 5. The predicted octanol–water partition coefficient (Wildman–Crippen LogP) is 2.75. The summed E-state index contributed by atoms with van der Waals surface area (Å²) >= 11 is 0. The van der Waals surface area contributed by atoms with E-state index in [4.69, 9.17) is 15.2 Å². The molecule has 1 rings (SSSR count). The standard InChI is InChI=1S/C12H18N2O4/c1-7(2)17-11-6-9(13)5-10(14(15)16)12(11)18-8(3)4/h5-8H,13H2,1-4H3. The Morgan fingerprint density at radius 1 is 1.17 bits per heavy atom. The monoisotopic (exact) mass is 254 g/mol. The molecular formula is C12H18N2O4. The number of nitro benzene ring substituents is 1. The largest absolute Gasteiger partial charge is 0.487 e. The molecule has 0 aliphatic carbocycles. The maximum absolute atomic E-state index is 11.0. The van der Waals surface area contributed by atoms with Gasteiger partial charge in [0.1, 0.15) is 0 Å². The Hall–Kier alpha value is -1.98. The molecule has 0 amide bonds. The van der Waals surface area contributed by atoms with Gasteiger partial charge in [-0.3, -0.25) is 10.1 Å². The Balaban J connectivity index is 3.32. The van der Waals surface area contributed by atoms with E-state index in [0.717, 1.165) is 0 Å². The third-order valence-corrected chi connectivity index (χ3v) is 1.97. The third-order valence-electron chi connectivity index (χ3n) is 1.97. The minimum absolute atomic E-state index is 0.123. The van der Waals surface area contributed by atoms with Crippen LogP contribution in [-0.2, 0) is 0 Å². The fraction of sp³-hybridized carbons (Fsp3) is 0.500. The van der Waals surface area contributed by atoms with E-state index in [-0.39, 0.29) is 29.3 Å². The fourth-order valence-electron chi connectivity index (χ4n) is 1.44. The number of ether oxygens (including phenoxy) is 2. The van der Waals surface area contributed by atoms with Gasteiger partial charge in [0, 0.05) is 17.8 Å². The molecule has 100 valence electrons. The van der Waals surface area contributed by atoms with Gasteiger partial charge in [-0.25, -0.2) is 0 Å². The van der Waals surface area contributed by atoms with Crippen LogP contribution in [0.3, 0.4) is 0 Å². The van der Waals surface area contributed by atoms with Crippen molar-refractivity contribution in [3.63, 3.8) is 0 Å². The molecule has 0 radical (unpaired) electrons. The molecule has 0 spiro atoms. The first-order valence-electron chi connectivity index (χ1n) is 5.72. The van der Waals surface area contributed by atoms with Gasteiger partial charge in [0.2, 0.25) is 5.75 Å². The Bertz CT molecular complexity index is 444. The molecule has 0 aliphatic heterocycles. The Kier molecular flexibility index (Phi) is 4.36. The molecular weight excluding hydrogens is 236 g/mol. The first-order chi connectivity index (χ1) is 8.31. The second-order valence-corrected chi connectivity index (χ2v) is 4.46. The predicted molar refractivity (Wildman–Crippen MR) is 69.0 cm³/mol. The van der Waals surface area contributed by atoms with E-state index in [0.29, 0.717) is 5.75 Å². The van der Waals surface area contributed by atoms with Crippen LogP contribution in [0.2, 0.25) is 0 Å². The Labute approximate surface area is 106 Å². The highest BCUT2D eigenvalue weighted by atomic mass is 16.6. The molecule has 0 bridgehead atoms. The van der Waals surface area contributed by atoms with E-state index in [1.165, 1.54) is 12.1 Å². The summed E-state index contributed by atoms with van der Waals surface area (Å²) in [6.07, 6.45) is -0.317. The van der Waals surface area contributed by atoms with Gasteiger partial charge in [0.05, 0.1) is 17.1 Å². The lowest BCUT2D eigenvalue weighted by Gasteiger charge is -2.17.